The molecule has 0 aromatic heterocycles. The lowest BCUT2D eigenvalue weighted by molar-refractivity contribution is 0.211. The van der Waals surface area contributed by atoms with Crippen LogP contribution in [-0.4, -0.2) is 24.1 Å². The summed E-state index contributed by atoms with van der Waals surface area (Å²) in [6.07, 6.45) is 1.40. The predicted octanol–water partition coefficient (Wildman–Crippen LogP) is 1.93. The Balaban J connectivity index is 1.92. The Morgan fingerprint density at radius 1 is 1.31 bits per heavy atom. The van der Waals surface area contributed by atoms with Crippen LogP contribution < -0.4 is 4.74 Å². The van der Waals surface area contributed by atoms with E-state index in [9.17, 15) is 0 Å². The van der Waals surface area contributed by atoms with Crippen LogP contribution in [0.25, 0.3) is 0 Å². The fraction of sp³-hybridized carbons (Fsp3) is 0.364. The Morgan fingerprint density at radius 3 is 2.69 bits per heavy atom. The van der Waals surface area contributed by atoms with Crippen LogP contribution in [0.4, 0.5) is 0 Å². The number of nitrogens with zero attached hydrogens (tertiary/aromatic N) is 1. The molecule has 0 amide bonds. The van der Waals surface area contributed by atoms with E-state index in [1.165, 1.54) is 0 Å². The number of ether oxygens (including phenoxy) is 1. The van der Waals surface area contributed by atoms with Crippen LogP contribution in [0.5, 0.6) is 5.75 Å². The highest BCUT2D eigenvalue weighted by Gasteiger charge is 2.16. The van der Waals surface area contributed by atoms with Gasteiger partial charge in [-0.2, -0.15) is 0 Å². The molecule has 1 aromatic carbocycles. The van der Waals surface area contributed by atoms with Gasteiger partial charge in [0.2, 0.25) is 0 Å². The van der Waals surface area contributed by atoms with Crippen LogP contribution >= 0.6 is 0 Å². The van der Waals surface area contributed by atoms with E-state index in [1.807, 2.05) is 35.2 Å². The lowest BCUT2D eigenvalue weighted by atomic mass is 10.3. The summed E-state index contributed by atoms with van der Waals surface area (Å²) in [6, 6.07) is 9.96. The minimum Gasteiger partial charge on any atom is -0.489 e. The molecule has 70 valence electrons. The summed E-state index contributed by atoms with van der Waals surface area (Å²) in [6.45, 7) is 1.98. The molecule has 1 aromatic rings. The smallest absolute Gasteiger partial charge is 0.119 e. The van der Waals surface area contributed by atoms with Crippen molar-refractivity contribution in [3.05, 3.63) is 37.4 Å². The highest BCUT2D eigenvalue weighted by atomic mass is 16.5. The highest BCUT2D eigenvalue weighted by Crippen LogP contribution is 2.16. The molecule has 2 nitrogen and oxygen atoms in total. The Labute approximate surface area is 79.1 Å². The molecule has 2 heteroatoms. The van der Waals surface area contributed by atoms with Gasteiger partial charge in [-0.3, -0.25) is 7.05 Å². The largest absolute Gasteiger partial charge is 0.489 e. The molecule has 2 rings (SSSR count). The first-order valence-corrected chi connectivity index (χ1v) is 4.62. The Morgan fingerprint density at radius 2 is 2.08 bits per heavy atom. The zero-order chi connectivity index (χ0) is 9.10. The van der Waals surface area contributed by atoms with E-state index in [2.05, 4.69) is 7.05 Å². The van der Waals surface area contributed by atoms with E-state index in [1.54, 1.807) is 0 Å². The average molecular weight is 176 g/mol. The maximum atomic E-state index is 5.76. The monoisotopic (exact) mass is 176 g/mol. The zero-order valence-electron chi connectivity index (χ0n) is 7.65. The fourth-order valence-electron chi connectivity index (χ4n) is 1.58. The molecule has 1 aliphatic rings. The van der Waals surface area contributed by atoms with Gasteiger partial charge in [-0.15, -0.1) is 0 Å². The third kappa shape index (κ3) is 2.22. The summed E-state index contributed by atoms with van der Waals surface area (Å²) in [5.41, 5.74) is 0. The average Bonchev–Trinajstić information content (AvgIpc) is 2.53. The number of rotatable bonds is 2. The van der Waals surface area contributed by atoms with Crippen molar-refractivity contribution in [1.82, 2.24) is 4.90 Å². The fourth-order valence-corrected chi connectivity index (χ4v) is 1.58. The standard InChI is InChI=1S/C11H14NO/c1-12-8-7-11(9-12)13-10-5-3-2-4-6-10/h2-6,11H,1,7-9H2/q-1. The summed E-state index contributed by atoms with van der Waals surface area (Å²) in [5.74, 6) is 0.961. The second-order valence-electron chi connectivity index (χ2n) is 3.42. The lowest BCUT2D eigenvalue weighted by Crippen LogP contribution is -2.20. The molecule has 0 aliphatic carbocycles. The first kappa shape index (κ1) is 8.57. The van der Waals surface area contributed by atoms with Gasteiger partial charge in [-0.25, -0.2) is 0 Å². The molecule has 1 aliphatic heterocycles. The molecule has 13 heavy (non-hydrogen) atoms. The van der Waals surface area contributed by atoms with Gasteiger partial charge in [0.05, 0.1) is 0 Å². The normalized spacial score (nSPS) is 23.3. The van der Waals surface area contributed by atoms with E-state index in [4.69, 9.17) is 4.74 Å². The first-order chi connectivity index (χ1) is 6.34. The van der Waals surface area contributed by atoms with E-state index < -0.39 is 0 Å². The highest BCUT2D eigenvalue weighted by molar-refractivity contribution is 5.21. The van der Waals surface area contributed by atoms with Crippen molar-refractivity contribution in [1.29, 1.82) is 0 Å². The topological polar surface area (TPSA) is 12.5 Å². The van der Waals surface area contributed by atoms with Crippen LogP contribution in [0.1, 0.15) is 6.42 Å². The van der Waals surface area contributed by atoms with Crippen molar-refractivity contribution in [2.45, 2.75) is 12.5 Å². The summed E-state index contributed by atoms with van der Waals surface area (Å²) in [5, 5.41) is 0. The SMILES string of the molecule is [CH2-]N1CCC(Oc2ccccc2)C1. The van der Waals surface area contributed by atoms with Crippen LogP contribution in [0.3, 0.4) is 0 Å². The van der Waals surface area contributed by atoms with Crippen molar-refractivity contribution in [2.24, 2.45) is 0 Å². The van der Waals surface area contributed by atoms with Gasteiger partial charge in [0.15, 0.2) is 0 Å². The zero-order valence-corrected chi connectivity index (χ0v) is 7.65. The summed E-state index contributed by atoms with van der Waals surface area (Å²) in [4.78, 5) is 2.05. The molecule has 1 fully saturated rings. The molecule has 1 saturated heterocycles. The molecular weight excluding hydrogens is 162 g/mol. The maximum absolute atomic E-state index is 5.76. The van der Waals surface area contributed by atoms with Gasteiger partial charge in [0.25, 0.3) is 0 Å². The van der Waals surface area contributed by atoms with E-state index in [0.29, 0.717) is 6.10 Å². The molecule has 1 heterocycles. The number of likely N-dealkylation sites (tertiary alicyclic amines) is 1. The van der Waals surface area contributed by atoms with Crippen LogP contribution in [-0.2, 0) is 0 Å². The van der Waals surface area contributed by atoms with E-state index >= 15 is 0 Å². The van der Waals surface area contributed by atoms with Gasteiger partial charge in [0.1, 0.15) is 11.9 Å². The number of benzene rings is 1. The van der Waals surface area contributed by atoms with E-state index in [0.717, 1.165) is 25.3 Å². The minimum absolute atomic E-state index is 0.319. The minimum atomic E-state index is 0.319. The molecule has 0 N–H and O–H groups in total. The van der Waals surface area contributed by atoms with Crippen molar-refractivity contribution in [3.63, 3.8) is 0 Å². The summed E-state index contributed by atoms with van der Waals surface area (Å²) in [7, 11) is 3.88. The van der Waals surface area contributed by atoms with E-state index in [-0.39, 0.29) is 0 Å². The van der Waals surface area contributed by atoms with Crippen LogP contribution in [0, 0.1) is 7.05 Å². The second kappa shape index (κ2) is 3.79. The van der Waals surface area contributed by atoms with Crippen LogP contribution in [0.2, 0.25) is 0 Å². The molecule has 0 radical (unpaired) electrons. The maximum Gasteiger partial charge on any atom is 0.119 e. The quantitative estimate of drug-likeness (QED) is 0.638. The van der Waals surface area contributed by atoms with Crippen molar-refractivity contribution in [3.8, 4) is 5.75 Å². The molecule has 0 spiro atoms. The molecular formula is C11H14NO-. The molecule has 1 unspecified atom stereocenters. The van der Waals surface area contributed by atoms with Gasteiger partial charge >= 0.3 is 0 Å². The summed E-state index contributed by atoms with van der Waals surface area (Å²) >= 11 is 0. The number of para-hydroxylation sites is 1. The van der Waals surface area contributed by atoms with Crippen molar-refractivity contribution in [2.75, 3.05) is 13.1 Å². The number of hydrogen-bond donors (Lipinski definition) is 0. The van der Waals surface area contributed by atoms with Crippen molar-refractivity contribution >= 4 is 0 Å². The van der Waals surface area contributed by atoms with Crippen LogP contribution in [0.15, 0.2) is 30.3 Å². The molecule has 1 atom stereocenters. The first-order valence-electron chi connectivity index (χ1n) is 4.62. The second-order valence-corrected chi connectivity index (χ2v) is 3.42. The molecule has 0 bridgehead atoms. The Bertz CT molecular complexity index is 260. The molecule has 0 saturated carbocycles. The van der Waals surface area contributed by atoms with Gasteiger partial charge in [-0.1, -0.05) is 18.2 Å². The third-order valence-corrected chi connectivity index (χ3v) is 2.28. The third-order valence-electron chi connectivity index (χ3n) is 2.28. The van der Waals surface area contributed by atoms with Gasteiger partial charge in [-0.05, 0) is 25.1 Å². The van der Waals surface area contributed by atoms with Crippen molar-refractivity contribution < 1.29 is 4.74 Å². The van der Waals surface area contributed by atoms with Gasteiger partial charge < -0.3 is 9.64 Å². The number of hydrogen-bond acceptors (Lipinski definition) is 2. The van der Waals surface area contributed by atoms with Gasteiger partial charge in [0, 0.05) is 6.54 Å². The lowest BCUT2D eigenvalue weighted by Gasteiger charge is -2.17. The Hall–Kier alpha value is -1.02. The summed E-state index contributed by atoms with van der Waals surface area (Å²) < 4.78 is 5.76. The Kier molecular flexibility index (Phi) is 2.50. The predicted molar refractivity (Wildman–Crippen MR) is 52.4 cm³/mol.